The molecule has 0 saturated carbocycles. The van der Waals surface area contributed by atoms with E-state index in [-0.39, 0.29) is 11.7 Å². The second-order valence-electron chi connectivity index (χ2n) is 7.14. The van der Waals surface area contributed by atoms with Gasteiger partial charge in [-0.2, -0.15) is 0 Å². The van der Waals surface area contributed by atoms with E-state index in [1.165, 1.54) is 0 Å². The standard InChI is InChI=1S/C18H30N2O2/c1-14(2)20-11-9-18(22,10-12-20)17(13-19(3)4)15-5-7-16(21)8-6-15/h5-8,14,17,21-22H,9-13H2,1-4H3. The van der Waals surface area contributed by atoms with Crippen molar-refractivity contribution in [2.45, 2.75) is 44.2 Å². The van der Waals surface area contributed by atoms with Crippen LogP contribution >= 0.6 is 0 Å². The van der Waals surface area contributed by atoms with Crippen molar-refractivity contribution in [3.8, 4) is 5.75 Å². The van der Waals surface area contributed by atoms with Crippen LogP contribution in [0.1, 0.15) is 38.2 Å². The number of piperidine rings is 1. The van der Waals surface area contributed by atoms with E-state index < -0.39 is 5.60 Å². The summed E-state index contributed by atoms with van der Waals surface area (Å²) in [6, 6.07) is 7.84. The minimum Gasteiger partial charge on any atom is -0.508 e. The lowest BCUT2D eigenvalue weighted by atomic mass is 9.75. The summed E-state index contributed by atoms with van der Waals surface area (Å²) in [6.45, 7) is 7.11. The highest BCUT2D eigenvalue weighted by Crippen LogP contribution is 2.38. The van der Waals surface area contributed by atoms with Crippen molar-refractivity contribution < 1.29 is 10.2 Å². The molecular formula is C18H30N2O2. The molecule has 0 spiro atoms. The zero-order chi connectivity index (χ0) is 16.3. The number of phenols is 1. The van der Waals surface area contributed by atoms with Crippen molar-refractivity contribution in [1.29, 1.82) is 0 Å². The highest BCUT2D eigenvalue weighted by Gasteiger charge is 2.41. The molecule has 1 aromatic rings. The first-order valence-electron chi connectivity index (χ1n) is 8.22. The summed E-state index contributed by atoms with van der Waals surface area (Å²) in [4.78, 5) is 4.56. The Balaban J connectivity index is 2.20. The van der Waals surface area contributed by atoms with E-state index in [9.17, 15) is 10.2 Å². The first-order chi connectivity index (χ1) is 10.3. The van der Waals surface area contributed by atoms with E-state index in [0.717, 1.165) is 38.0 Å². The molecule has 0 bridgehead atoms. The van der Waals surface area contributed by atoms with Gasteiger partial charge in [-0.3, -0.25) is 0 Å². The Bertz CT molecular complexity index is 462. The van der Waals surface area contributed by atoms with Crippen molar-refractivity contribution >= 4 is 0 Å². The molecule has 0 radical (unpaired) electrons. The molecule has 22 heavy (non-hydrogen) atoms. The van der Waals surface area contributed by atoms with Crippen LogP contribution in [0.4, 0.5) is 0 Å². The highest BCUT2D eigenvalue weighted by atomic mass is 16.3. The van der Waals surface area contributed by atoms with Crippen LogP contribution in [0.15, 0.2) is 24.3 Å². The van der Waals surface area contributed by atoms with E-state index >= 15 is 0 Å². The Hall–Kier alpha value is -1.10. The van der Waals surface area contributed by atoms with E-state index in [0.29, 0.717) is 6.04 Å². The van der Waals surface area contributed by atoms with Gasteiger partial charge in [-0.1, -0.05) is 12.1 Å². The maximum Gasteiger partial charge on any atom is 0.115 e. The SMILES string of the molecule is CC(C)N1CCC(O)(C(CN(C)C)c2ccc(O)cc2)CC1. The lowest BCUT2D eigenvalue weighted by Gasteiger charge is -2.45. The monoisotopic (exact) mass is 306 g/mol. The van der Waals surface area contributed by atoms with Gasteiger partial charge in [0.25, 0.3) is 0 Å². The molecule has 1 aliphatic rings. The summed E-state index contributed by atoms with van der Waals surface area (Å²) in [5.74, 6) is 0.339. The quantitative estimate of drug-likeness (QED) is 0.876. The number of aliphatic hydroxyl groups is 1. The minimum atomic E-state index is -0.674. The minimum absolute atomic E-state index is 0.0670. The van der Waals surface area contributed by atoms with E-state index in [4.69, 9.17) is 0 Å². The second kappa shape index (κ2) is 6.99. The summed E-state index contributed by atoms with van der Waals surface area (Å²) >= 11 is 0. The summed E-state index contributed by atoms with van der Waals surface area (Å²) in [5.41, 5.74) is 0.430. The normalized spacial score (nSPS) is 20.5. The van der Waals surface area contributed by atoms with Crippen LogP contribution in [0.3, 0.4) is 0 Å². The second-order valence-corrected chi connectivity index (χ2v) is 7.14. The first kappa shape index (κ1) is 17.3. The number of phenolic OH excluding ortho intramolecular Hbond substituents is 1. The molecule has 0 aromatic heterocycles. The molecular weight excluding hydrogens is 276 g/mol. The van der Waals surface area contributed by atoms with E-state index in [1.807, 2.05) is 26.2 Å². The fraction of sp³-hybridized carbons (Fsp3) is 0.667. The van der Waals surface area contributed by atoms with Gasteiger partial charge in [0.2, 0.25) is 0 Å². The number of hydrogen-bond acceptors (Lipinski definition) is 4. The number of hydrogen-bond donors (Lipinski definition) is 2. The lowest BCUT2D eigenvalue weighted by molar-refractivity contribution is -0.0529. The molecule has 1 aromatic carbocycles. The predicted octanol–water partition coefficient (Wildman–Crippen LogP) is 2.27. The fourth-order valence-electron chi connectivity index (χ4n) is 3.43. The van der Waals surface area contributed by atoms with Crippen molar-refractivity contribution in [1.82, 2.24) is 9.80 Å². The molecule has 1 fully saturated rings. The fourth-order valence-corrected chi connectivity index (χ4v) is 3.43. The highest BCUT2D eigenvalue weighted by molar-refractivity contribution is 5.30. The Kier molecular flexibility index (Phi) is 5.48. The van der Waals surface area contributed by atoms with Crippen LogP contribution in [0.25, 0.3) is 0 Å². The van der Waals surface area contributed by atoms with Crippen LogP contribution in [-0.2, 0) is 0 Å². The Morgan fingerprint density at radius 3 is 2.14 bits per heavy atom. The number of likely N-dealkylation sites (N-methyl/N-ethyl adjacent to an activating group) is 1. The molecule has 1 aliphatic heterocycles. The van der Waals surface area contributed by atoms with Crippen LogP contribution in [0.5, 0.6) is 5.75 Å². The number of rotatable bonds is 5. The van der Waals surface area contributed by atoms with Crippen molar-refractivity contribution in [3.05, 3.63) is 29.8 Å². The Morgan fingerprint density at radius 2 is 1.68 bits per heavy atom. The molecule has 1 atom stereocenters. The van der Waals surface area contributed by atoms with Gasteiger partial charge < -0.3 is 20.0 Å². The molecule has 0 amide bonds. The van der Waals surface area contributed by atoms with Crippen LogP contribution < -0.4 is 0 Å². The first-order valence-corrected chi connectivity index (χ1v) is 8.22. The molecule has 124 valence electrons. The maximum atomic E-state index is 11.3. The van der Waals surface area contributed by atoms with Gasteiger partial charge in [-0.05, 0) is 58.5 Å². The molecule has 4 heteroatoms. The third-order valence-corrected chi connectivity index (χ3v) is 4.89. The molecule has 2 N–H and O–H groups in total. The number of benzene rings is 1. The maximum absolute atomic E-state index is 11.3. The largest absolute Gasteiger partial charge is 0.508 e. The smallest absolute Gasteiger partial charge is 0.115 e. The van der Waals surface area contributed by atoms with E-state index in [1.54, 1.807) is 12.1 Å². The number of likely N-dealkylation sites (tertiary alicyclic amines) is 1. The molecule has 2 rings (SSSR count). The topological polar surface area (TPSA) is 46.9 Å². The summed E-state index contributed by atoms with van der Waals surface area (Å²) in [6.07, 6.45) is 1.59. The predicted molar refractivity (Wildman–Crippen MR) is 90.3 cm³/mol. The summed E-state index contributed by atoms with van der Waals surface area (Å²) < 4.78 is 0. The van der Waals surface area contributed by atoms with Crippen LogP contribution in [0.2, 0.25) is 0 Å². The van der Waals surface area contributed by atoms with Gasteiger partial charge in [0, 0.05) is 31.6 Å². The van der Waals surface area contributed by atoms with Gasteiger partial charge in [0.05, 0.1) is 5.60 Å². The summed E-state index contributed by atoms with van der Waals surface area (Å²) in [7, 11) is 4.08. The van der Waals surface area contributed by atoms with Gasteiger partial charge in [0.1, 0.15) is 5.75 Å². The summed E-state index contributed by atoms with van der Waals surface area (Å²) in [5, 5.41) is 20.8. The lowest BCUT2D eigenvalue weighted by Crippen LogP contribution is -2.51. The van der Waals surface area contributed by atoms with E-state index in [2.05, 4.69) is 23.6 Å². The third kappa shape index (κ3) is 4.00. The van der Waals surface area contributed by atoms with Gasteiger partial charge in [-0.15, -0.1) is 0 Å². The van der Waals surface area contributed by atoms with Gasteiger partial charge in [-0.25, -0.2) is 0 Å². The number of aromatic hydroxyl groups is 1. The van der Waals surface area contributed by atoms with Gasteiger partial charge in [0.15, 0.2) is 0 Å². The molecule has 0 aliphatic carbocycles. The third-order valence-electron chi connectivity index (χ3n) is 4.89. The van der Waals surface area contributed by atoms with Crippen molar-refractivity contribution in [2.75, 3.05) is 33.7 Å². The van der Waals surface area contributed by atoms with Crippen LogP contribution in [0, 0.1) is 0 Å². The van der Waals surface area contributed by atoms with Crippen molar-refractivity contribution in [3.63, 3.8) is 0 Å². The Morgan fingerprint density at radius 1 is 1.14 bits per heavy atom. The average molecular weight is 306 g/mol. The Labute approximate surface area is 134 Å². The van der Waals surface area contributed by atoms with Crippen LogP contribution in [-0.4, -0.2) is 65.4 Å². The molecule has 4 nitrogen and oxygen atoms in total. The molecule has 1 heterocycles. The van der Waals surface area contributed by atoms with Gasteiger partial charge >= 0.3 is 0 Å². The molecule has 1 unspecified atom stereocenters. The zero-order valence-corrected chi connectivity index (χ0v) is 14.3. The zero-order valence-electron chi connectivity index (χ0n) is 14.3. The molecule has 1 saturated heterocycles. The average Bonchev–Trinajstić information content (AvgIpc) is 2.46. The number of nitrogens with zero attached hydrogens (tertiary/aromatic N) is 2. The van der Waals surface area contributed by atoms with Crippen molar-refractivity contribution in [2.24, 2.45) is 0 Å².